The van der Waals surface area contributed by atoms with Crippen LogP contribution >= 0.6 is 0 Å². The quantitative estimate of drug-likeness (QED) is 0.895. The minimum atomic E-state index is 0.0917. The molecular formula is C17H25NO2. The van der Waals surface area contributed by atoms with Crippen molar-refractivity contribution in [1.29, 1.82) is 0 Å². The average Bonchev–Trinajstić information content (AvgIpc) is 2.47. The van der Waals surface area contributed by atoms with Crippen LogP contribution in [0.3, 0.4) is 0 Å². The van der Waals surface area contributed by atoms with E-state index in [4.69, 9.17) is 15.2 Å². The van der Waals surface area contributed by atoms with Crippen molar-refractivity contribution in [3.63, 3.8) is 0 Å². The molecule has 2 N–H and O–H groups in total. The van der Waals surface area contributed by atoms with E-state index in [1.165, 1.54) is 25.7 Å². The van der Waals surface area contributed by atoms with E-state index in [0.29, 0.717) is 5.92 Å². The van der Waals surface area contributed by atoms with Crippen LogP contribution in [0.5, 0.6) is 11.5 Å². The largest absolute Gasteiger partial charge is 0.497 e. The monoisotopic (exact) mass is 275 g/mol. The van der Waals surface area contributed by atoms with Crippen LogP contribution in [0.25, 0.3) is 0 Å². The van der Waals surface area contributed by atoms with Gasteiger partial charge in [-0.3, -0.25) is 0 Å². The molecule has 0 spiro atoms. The molecular weight excluding hydrogens is 250 g/mol. The maximum atomic E-state index is 6.34. The van der Waals surface area contributed by atoms with E-state index in [-0.39, 0.29) is 12.1 Å². The highest BCUT2D eigenvalue weighted by Gasteiger charge is 2.33. The molecule has 3 rings (SSSR count). The smallest absolute Gasteiger partial charge is 0.128 e. The summed E-state index contributed by atoms with van der Waals surface area (Å²) in [6, 6.07) is 6.07. The van der Waals surface area contributed by atoms with Gasteiger partial charge in [-0.05, 0) is 30.7 Å². The van der Waals surface area contributed by atoms with Crippen molar-refractivity contribution in [2.75, 3.05) is 7.11 Å². The molecule has 1 fully saturated rings. The topological polar surface area (TPSA) is 44.5 Å². The van der Waals surface area contributed by atoms with Gasteiger partial charge in [0.05, 0.1) is 7.11 Å². The van der Waals surface area contributed by atoms with Gasteiger partial charge in [0.15, 0.2) is 0 Å². The summed E-state index contributed by atoms with van der Waals surface area (Å²) in [6.07, 6.45) is 6.42. The Bertz CT molecular complexity index is 466. The molecule has 0 amide bonds. The lowest BCUT2D eigenvalue weighted by molar-refractivity contribution is 0.0700. The minimum Gasteiger partial charge on any atom is -0.497 e. The molecule has 1 aliphatic heterocycles. The normalized spacial score (nSPS) is 33.1. The number of hydrogen-bond donors (Lipinski definition) is 1. The van der Waals surface area contributed by atoms with Gasteiger partial charge < -0.3 is 15.2 Å². The molecule has 1 aliphatic carbocycles. The maximum absolute atomic E-state index is 6.34. The molecule has 0 saturated heterocycles. The number of rotatable bonds is 2. The lowest BCUT2D eigenvalue weighted by Crippen LogP contribution is -2.36. The predicted molar refractivity (Wildman–Crippen MR) is 80.1 cm³/mol. The summed E-state index contributed by atoms with van der Waals surface area (Å²) < 4.78 is 11.5. The number of ether oxygens (including phenoxy) is 2. The first-order chi connectivity index (χ1) is 9.67. The fraction of sp³-hybridized carbons (Fsp3) is 0.647. The zero-order valence-corrected chi connectivity index (χ0v) is 12.5. The Balaban J connectivity index is 1.77. The Morgan fingerprint density at radius 1 is 1.20 bits per heavy atom. The molecule has 1 heterocycles. The lowest BCUT2D eigenvalue weighted by Gasteiger charge is -2.38. The molecule has 2 unspecified atom stereocenters. The predicted octanol–water partition coefficient (Wildman–Crippen LogP) is 3.67. The number of nitrogens with two attached hydrogens (primary N) is 1. The molecule has 110 valence electrons. The van der Waals surface area contributed by atoms with Gasteiger partial charge in [-0.25, -0.2) is 0 Å². The highest BCUT2D eigenvalue weighted by atomic mass is 16.5. The van der Waals surface area contributed by atoms with Gasteiger partial charge in [-0.2, -0.15) is 0 Å². The summed E-state index contributed by atoms with van der Waals surface area (Å²) in [5.74, 6) is 3.30. The maximum Gasteiger partial charge on any atom is 0.128 e. The first kappa shape index (κ1) is 13.7. The molecule has 0 radical (unpaired) electrons. The summed E-state index contributed by atoms with van der Waals surface area (Å²) in [5, 5.41) is 0. The summed E-state index contributed by atoms with van der Waals surface area (Å²) >= 11 is 0. The zero-order valence-electron chi connectivity index (χ0n) is 12.5. The molecule has 2 atom stereocenters. The van der Waals surface area contributed by atoms with E-state index in [0.717, 1.165) is 29.4 Å². The molecule has 20 heavy (non-hydrogen) atoms. The molecule has 0 aromatic heterocycles. The van der Waals surface area contributed by atoms with Gasteiger partial charge in [-0.15, -0.1) is 0 Å². The van der Waals surface area contributed by atoms with Crippen LogP contribution in [-0.2, 0) is 0 Å². The van der Waals surface area contributed by atoms with Gasteiger partial charge >= 0.3 is 0 Å². The lowest BCUT2D eigenvalue weighted by atomic mass is 9.77. The second-order valence-corrected chi connectivity index (χ2v) is 6.42. The molecule has 2 aliphatic rings. The Kier molecular flexibility index (Phi) is 3.88. The Labute approximate surface area is 121 Å². The SMILES string of the molecule is COc1ccc2c(c1)OC(C1CCC(C)CC1)CC2N. The van der Waals surface area contributed by atoms with Crippen molar-refractivity contribution in [2.24, 2.45) is 17.6 Å². The highest BCUT2D eigenvalue weighted by Crippen LogP contribution is 2.41. The van der Waals surface area contributed by atoms with Crippen LogP contribution in [0, 0.1) is 11.8 Å². The van der Waals surface area contributed by atoms with Crippen molar-refractivity contribution in [3.05, 3.63) is 23.8 Å². The summed E-state index contributed by atoms with van der Waals surface area (Å²) in [4.78, 5) is 0. The molecule has 1 aromatic carbocycles. The van der Waals surface area contributed by atoms with Gasteiger partial charge in [0.25, 0.3) is 0 Å². The molecule has 0 bridgehead atoms. The van der Waals surface area contributed by atoms with Crippen LogP contribution in [0.2, 0.25) is 0 Å². The van der Waals surface area contributed by atoms with E-state index in [9.17, 15) is 0 Å². The van der Waals surface area contributed by atoms with Crippen molar-refractivity contribution in [2.45, 2.75) is 51.2 Å². The third kappa shape index (κ3) is 2.64. The Hall–Kier alpha value is -1.22. The second kappa shape index (κ2) is 5.65. The van der Waals surface area contributed by atoms with Crippen LogP contribution in [0.1, 0.15) is 50.6 Å². The van der Waals surface area contributed by atoms with E-state index < -0.39 is 0 Å². The van der Waals surface area contributed by atoms with Gasteiger partial charge in [-0.1, -0.05) is 25.8 Å². The van der Waals surface area contributed by atoms with Crippen molar-refractivity contribution < 1.29 is 9.47 Å². The summed E-state index contributed by atoms with van der Waals surface area (Å²) in [6.45, 7) is 2.35. The standard InChI is InChI=1S/C17H25NO2/c1-11-3-5-12(6-4-11)16-10-15(18)14-8-7-13(19-2)9-17(14)20-16/h7-9,11-12,15-16H,3-6,10,18H2,1-2H3. The van der Waals surface area contributed by atoms with Crippen molar-refractivity contribution in [3.8, 4) is 11.5 Å². The third-order valence-electron chi connectivity index (χ3n) is 4.97. The first-order valence-electron chi connectivity index (χ1n) is 7.77. The highest BCUT2D eigenvalue weighted by molar-refractivity contribution is 5.43. The Morgan fingerprint density at radius 3 is 2.65 bits per heavy atom. The van der Waals surface area contributed by atoms with E-state index >= 15 is 0 Å². The minimum absolute atomic E-state index is 0.0917. The molecule has 3 heteroatoms. The van der Waals surface area contributed by atoms with Crippen LogP contribution in [0.4, 0.5) is 0 Å². The number of fused-ring (bicyclic) bond motifs is 1. The van der Waals surface area contributed by atoms with Crippen LogP contribution < -0.4 is 15.2 Å². The van der Waals surface area contributed by atoms with Crippen molar-refractivity contribution >= 4 is 0 Å². The molecule has 1 saturated carbocycles. The van der Waals surface area contributed by atoms with Gasteiger partial charge in [0.1, 0.15) is 17.6 Å². The number of benzene rings is 1. The first-order valence-corrected chi connectivity index (χ1v) is 7.77. The summed E-state index contributed by atoms with van der Waals surface area (Å²) in [7, 11) is 1.69. The number of methoxy groups -OCH3 is 1. The Morgan fingerprint density at radius 2 is 1.95 bits per heavy atom. The van der Waals surface area contributed by atoms with Crippen LogP contribution in [0.15, 0.2) is 18.2 Å². The fourth-order valence-corrected chi connectivity index (χ4v) is 3.58. The van der Waals surface area contributed by atoms with E-state index in [1.54, 1.807) is 7.11 Å². The third-order valence-corrected chi connectivity index (χ3v) is 4.97. The van der Waals surface area contributed by atoms with E-state index in [2.05, 4.69) is 6.92 Å². The van der Waals surface area contributed by atoms with Crippen molar-refractivity contribution in [1.82, 2.24) is 0 Å². The second-order valence-electron chi connectivity index (χ2n) is 6.42. The fourth-order valence-electron chi connectivity index (χ4n) is 3.58. The zero-order chi connectivity index (χ0) is 14.1. The molecule has 3 nitrogen and oxygen atoms in total. The van der Waals surface area contributed by atoms with Gasteiger partial charge in [0.2, 0.25) is 0 Å². The molecule has 1 aromatic rings. The van der Waals surface area contributed by atoms with Crippen LogP contribution in [-0.4, -0.2) is 13.2 Å². The average molecular weight is 275 g/mol. The van der Waals surface area contributed by atoms with Gasteiger partial charge in [0, 0.05) is 24.1 Å². The summed E-state index contributed by atoms with van der Waals surface area (Å²) in [5.41, 5.74) is 7.46. The number of hydrogen-bond acceptors (Lipinski definition) is 3. The van der Waals surface area contributed by atoms with E-state index in [1.807, 2.05) is 18.2 Å².